The van der Waals surface area contributed by atoms with E-state index in [1.807, 2.05) is 13.8 Å². The zero-order valence-electron chi connectivity index (χ0n) is 13.0. The zero-order chi connectivity index (χ0) is 13.3. The van der Waals surface area contributed by atoms with Gasteiger partial charge < -0.3 is 9.80 Å². The Kier molecular flexibility index (Phi) is 9.85. The minimum absolute atomic E-state index is 0.939. The zero-order valence-corrected chi connectivity index (χ0v) is 13.0. The van der Waals surface area contributed by atoms with Crippen LogP contribution in [0.4, 0.5) is 0 Å². The van der Waals surface area contributed by atoms with E-state index in [1.165, 1.54) is 45.4 Å². The maximum Gasteiger partial charge on any atom is 0.000445 e. The molecule has 0 spiro atoms. The average molecular weight is 242 g/mol. The molecule has 2 saturated heterocycles. The molecule has 0 amide bonds. The third-order valence-electron chi connectivity index (χ3n) is 3.49. The summed E-state index contributed by atoms with van der Waals surface area (Å²) in [6.45, 7) is 13.9. The smallest absolute Gasteiger partial charge is 0.000445 e. The summed E-state index contributed by atoms with van der Waals surface area (Å²) in [5.41, 5.74) is 0. The molecule has 2 atom stereocenters. The molecule has 0 bridgehead atoms. The molecule has 0 aromatic heterocycles. The molecule has 2 fully saturated rings. The average Bonchev–Trinajstić information content (AvgIpc) is 2.66. The molecule has 2 unspecified atom stereocenters. The maximum atomic E-state index is 2.41. The van der Waals surface area contributed by atoms with Gasteiger partial charge in [-0.15, -0.1) is 0 Å². The number of rotatable bonds is 0. The van der Waals surface area contributed by atoms with Gasteiger partial charge in [-0.2, -0.15) is 0 Å². The molecule has 2 heterocycles. The summed E-state index contributed by atoms with van der Waals surface area (Å²) in [5.74, 6) is 1.89. The molecule has 2 rings (SSSR count). The lowest BCUT2D eigenvalue weighted by molar-refractivity contribution is 0.221. The number of piperidine rings is 1. The van der Waals surface area contributed by atoms with Crippen molar-refractivity contribution in [2.24, 2.45) is 11.8 Å². The van der Waals surface area contributed by atoms with Gasteiger partial charge in [-0.05, 0) is 58.3 Å². The normalized spacial score (nSPS) is 30.0. The fourth-order valence-electron chi connectivity index (χ4n) is 2.58. The number of nitrogens with zero attached hydrogens (tertiary/aromatic N) is 2. The highest BCUT2D eigenvalue weighted by Gasteiger charge is 2.13. The first-order chi connectivity index (χ1) is 8.08. The van der Waals surface area contributed by atoms with Crippen molar-refractivity contribution in [1.82, 2.24) is 9.80 Å². The molecular weight excluding hydrogens is 208 g/mol. The SMILES string of the molecule is CC.CC1CCCN(C)C1.CC1CCN(C)C1. The van der Waals surface area contributed by atoms with Crippen LogP contribution in [0.15, 0.2) is 0 Å². The molecule has 0 saturated carbocycles. The largest absolute Gasteiger partial charge is 0.306 e. The molecule has 0 aromatic carbocycles. The Morgan fingerprint density at radius 2 is 1.24 bits per heavy atom. The lowest BCUT2D eigenvalue weighted by Crippen LogP contribution is -2.30. The van der Waals surface area contributed by atoms with Gasteiger partial charge in [-0.3, -0.25) is 0 Å². The highest BCUT2D eigenvalue weighted by Crippen LogP contribution is 2.13. The van der Waals surface area contributed by atoms with Gasteiger partial charge in [0, 0.05) is 13.1 Å². The van der Waals surface area contributed by atoms with Gasteiger partial charge in [-0.1, -0.05) is 27.7 Å². The van der Waals surface area contributed by atoms with Crippen LogP contribution in [-0.2, 0) is 0 Å². The molecule has 104 valence electrons. The fourth-order valence-corrected chi connectivity index (χ4v) is 2.58. The van der Waals surface area contributed by atoms with Gasteiger partial charge in [0.2, 0.25) is 0 Å². The Balaban J connectivity index is 0.000000265. The number of hydrogen-bond donors (Lipinski definition) is 0. The molecule has 0 aromatic rings. The van der Waals surface area contributed by atoms with Crippen molar-refractivity contribution in [1.29, 1.82) is 0 Å². The van der Waals surface area contributed by atoms with Crippen molar-refractivity contribution >= 4 is 0 Å². The molecule has 2 aliphatic heterocycles. The first-order valence-electron chi connectivity index (χ1n) is 7.45. The summed E-state index contributed by atoms with van der Waals surface area (Å²) in [5, 5.41) is 0. The van der Waals surface area contributed by atoms with E-state index in [0.717, 1.165) is 11.8 Å². The number of likely N-dealkylation sites (tertiary alicyclic amines) is 2. The van der Waals surface area contributed by atoms with Gasteiger partial charge in [0.1, 0.15) is 0 Å². The lowest BCUT2D eigenvalue weighted by atomic mass is 10.0. The topological polar surface area (TPSA) is 6.48 Å². The number of hydrogen-bond acceptors (Lipinski definition) is 2. The van der Waals surface area contributed by atoms with E-state index < -0.39 is 0 Å². The van der Waals surface area contributed by atoms with Crippen molar-refractivity contribution in [3.63, 3.8) is 0 Å². The molecule has 0 N–H and O–H groups in total. The van der Waals surface area contributed by atoms with Crippen molar-refractivity contribution < 1.29 is 0 Å². The van der Waals surface area contributed by atoms with E-state index in [4.69, 9.17) is 0 Å². The summed E-state index contributed by atoms with van der Waals surface area (Å²) >= 11 is 0. The van der Waals surface area contributed by atoms with E-state index >= 15 is 0 Å². The second-order valence-corrected chi connectivity index (χ2v) is 5.67. The molecule has 2 nitrogen and oxygen atoms in total. The third kappa shape index (κ3) is 8.62. The first-order valence-corrected chi connectivity index (χ1v) is 7.45. The highest BCUT2D eigenvalue weighted by atomic mass is 15.1. The lowest BCUT2D eigenvalue weighted by Gasteiger charge is -2.26. The van der Waals surface area contributed by atoms with Crippen LogP contribution in [0.5, 0.6) is 0 Å². The summed E-state index contributed by atoms with van der Waals surface area (Å²) in [7, 11) is 4.39. The molecular formula is C15H34N2. The quantitative estimate of drug-likeness (QED) is 0.643. The van der Waals surface area contributed by atoms with Gasteiger partial charge >= 0.3 is 0 Å². The molecule has 0 radical (unpaired) electrons. The molecule has 0 aliphatic carbocycles. The van der Waals surface area contributed by atoms with Crippen LogP contribution in [0.25, 0.3) is 0 Å². The van der Waals surface area contributed by atoms with Gasteiger partial charge in [0.05, 0.1) is 0 Å². The van der Waals surface area contributed by atoms with Gasteiger partial charge in [0.15, 0.2) is 0 Å². The monoisotopic (exact) mass is 242 g/mol. The van der Waals surface area contributed by atoms with E-state index in [1.54, 1.807) is 0 Å². The van der Waals surface area contributed by atoms with Crippen LogP contribution in [0, 0.1) is 11.8 Å². The van der Waals surface area contributed by atoms with Crippen LogP contribution in [0.2, 0.25) is 0 Å². The van der Waals surface area contributed by atoms with Crippen molar-refractivity contribution in [2.45, 2.75) is 47.0 Å². The maximum absolute atomic E-state index is 2.41. The summed E-state index contributed by atoms with van der Waals surface area (Å²) in [6.07, 6.45) is 4.23. The third-order valence-corrected chi connectivity index (χ3v) is 3.49. The van der Waals surface area contributed by atoms with Gasteiger partial charge in [0.25, 0.3) is 0 Å². The summed E-state index contributed by atoms with van der Waals surface area (Å²) < 4.78 is 0. The van der Waals surface area contributed by atoms with Gasteiger partial charge in [-0.25, -0.2) is 0 Å². The van der Waals surface area contributed by atoms with Crippen LogP contribution < -0.4 is 0 Å². The van der Waals surface area contributed by atoms with E-state index in [0.29, 0.717) is 0 Å². The van der Waals surface area contributed by atoms with Crippen LogP contribution in [0.3, 0.4) is 0 Å². The van der Waals surface area contributed by atoms with Crippen molar-refractivity contribution in [2.75, 3.05) is 40.3 Å². The van der Waals surface area contributed by atoms with E-state index in [2.05, 4.69) is 37.7 Å². The Morgan fingerprint density at radius 1 is 0.765 bits per heavy atom. The van der Waals surface area contributed by atoms with Crippen LogP contribution >= 0.6 is 0 Å². The molecule has 2 heteroatoms. The highest BCUT2D eigenvalue weighted by molar-refractivity contribution is 4.67. The van der Waals surface area contributed by atoms with Crippen molar-refractivity contribution in [3.05, 3.63) is 0 Å². The molecule has 2 aliphatic rings. The summed E-state index contributed by atoms with van der Waals surface area (Å²) in [4.78, 5) is 4.79. The fraction of sp³-hybridized carbons (Fsp3) is 1.00. The first kappa shape index (κ1) is 16.9. The van der Waals surface area contributed by atoms with E-state index in [-0.39, 0.29) is 0 Å². The Morgan fingerprint density at radius 3 is 1.47 bits per heavy atom. The predicted octanol–water partition coefficient (Wildman–Crippen LogP) is 3.33. The predicted molar refractivity (Wildman–Crippen MR) is 78.5 cm³/mol. The minimum atomic E-state index is 0.939. The minimum Gasteiger partial charge on any atom is -0.306 e. The Labute approximate surface area is 109 Å². The second-order valence-electron chi connectivity index (χ2n) is 5.67. The van der Waals surface area contributed by atoms with Crippen LogP contribution in [-0.4, -0.2) is 50.1 Å². The molecule has 17 heavy (non-hydrogen) atoms. The van der Waals surface area contributed by atoms with Crippen LogP contribution in [0.1, 0.15) is 47.0 Å². The second kappa shape index (κ2) is 9.90. The Hall–Kier alpha value is -0.0800. The van der Waals surface area contributed by atoms with Crippen molar-refractivity contribution in [3.8, 4) is 0 Å². The standard InChI is InChI=1S/C7H15N.C6H13N.C2H6/c1-7-4-3-5-8(2)6-7;1-6-3-4-7(2)5-6;1-2/h7H,3-6H2,1-2H3;6H,3-5H2,1-2H3;1-2H3. The summed E-state index contributed by atoms with van der Waals surface area (Å²) in [6, 6.07) is 0. The van der Waals surface area contributed by atoms with E-state index in [9.17, 15) is 0 Å². The Bertz CT molecular complexity index is 154.